The van der Waals surface area contributed by atoms with Crippen LogP contribution < -0.4 is 5.32 Å². The average molecular weight is 378 g/mol. The van der Waals surface area contributed by atoms with Crippen LogP contribution in [0.3, 0.4) is 0 Å². The maximum atomic E-state index is 12.6. The number of benzene rings is 2. The zero-order valence-corrected chi connectivity index (χ0v) is 16.0. The van der Waals surface area contributed by atoms with Crippen molar-refractivity contribution >= 4 is 17.2 Å². The van der Waals surface area contributed by atoms with Gasteiger partial charge in [-0.15, -0.1) is 11.3 Å². The number of carbonyl (C=O) groups excluding carboxylic acids is 1. The molecule has 4 heteroatoms. The van der Waals surface area contributed by atoms with Crippen molar-refractivity contribution in [2.75, 3.05) is 0 Å². The van der Waals surface area contributed by atoms with E-state index in [1.165, 1.54) is 11.1 Å². The van der Waals surface area contributed by atoms with Gasteiger partial charge < -0.3 is 10.1 Å². The second-order valence-corrected chi connectivity index (χ2v) is 7.91. The number of thiophene rings is 1. The Morgan fingerprint density at radius 3 is 2.67 bits per heavy atom. The van der Waals surface area contributed by atoms with E-state index in [4.69, 9.17) is 4.74 Å². The summed E-state index contributed by atoms with van der Waals surface area (Å²) in [5.74, 6) is 0.0486. The molecule has 0 aliphatic heterocycles. The van der Waals surface area contributed by atoms with Crippen LogP contribution in [0, 0.1) is 0 Å². The third-order valence-electron chi connectivity index (χ3n) is 5.00. The molecule has 0 fully saturated rings. The summed E-state index contributed by atoms with van der Waals surface area (Å²) in [6.45, 7) is 0.560. The van der Waals surface area contributed by atoms with Crippen molar-refractivity contribution in [3.63, 3.8) is 0 Å². The van der Waals surface area contributed by atoms with E-state index in [0.717, 1.165) is 23.3 Å². The van der Waals surface area contributed by atoms with Gasteiger partial charge in [-0.2, -0.15) is 0 Å². The van der Waals surface area contributed by atoms with Crippen LogP contribution in [0.1, 0.15) is 34.0 Å². The number of hydrogen-bond acceptors (Lipinski definition) is 3. The first-order valence-corrected chi connectivity index (χ1v) is 10.2. The predicted octanol–water partition coefficient (Wildman–Crippen LogP) is 4.68. The van der Waals surface area contributed by atoms with Crippen molar-refractivity contribution < 1.29 is 9.53 Å². The Bertz CT molecular complexity index is 876. The summed E-state index contributed by atoms with van der Waals surface area (Å²) in [6.07, 6.45) is 2.29. The zero-order chi connectivity index (χ0) is 18.5. The number of carbonyl (C=O) groups is 1. The molecule has 27 heavy (non-hydrogen) atoms. The van der Waals surface area contributed by atoms with Crippen molar-refractivity contribution in [3.05, 3.63) is 93.7 Å². The molecular formula is C23H23NO2S. The number of ether oxygens (including phenoxy) is 1. The third kappa shape index (κ3) is 4.46. The van der Waals surface area contributed by atoms with E-state index < -0.39 is 0 Å². The van der Waals surface area contributed by atoms with Crippen LogP contribution in [0.4, 0.5) is 0 Å². The van der Waals surface area contributed by atoms with E-state index in [1.807, 2.05) is 41.8 Å². The number of rotatable bonds is 6. The second kappa shape index (κ2) is 8.51. The summed E-state index contributed by atoms with van der Waals surface area (Å²) in [5.41, 5.74) is 3.64. The molecule has 1 aliphatic rings. The minimum Gasteiger partial charge on any atom is -0.371 e. The zero-order valence-electron chi connectivity index (χ0n) is 15.1. The van der Waals surface area contributed by atoms with Gasteiger partial charge in [0, 0.05) is 4.88 Å². The first-order valence-electron chi connectivity index (χ1n) is 9.34. The number of aryl methyl sites for hydroxylation is 1. The number of fused-ring (bicyclic) bond motifs is 1. The van der Waals surface area contributed by atoms with Gasteiger partial charge >= 0.3 is 0 Å². The lowest BCUT2D eigenvalue weighted by Crippen LogP contribution is -2.41. The topological polar surface area (TPSA) is 38.3 Å². The van der Waals surface area contributed by atoms with Gasteiger partial charge in [0.25, 0.3) is 0 Å². The van der Waals surface area contributed by atoms with Crippen molar-refractivity contribution in [1.82, 2.24) is 5.32 Å². The van der Waals surface area contributed by atoms with Gasteiger partial charge in [0.05, 0.1) is 25.2 Å². The minimum atomic E-state index is -0.105. The Morgan fingerprint density at radius 2 is 1.85 bits per heavy atom. The molecule has 1 aliphatic carbocycles. The van der Waals surface area contributed by atoms with Crippen molar-refractivity contribution in [3.8, 4) is 0 Å². The third-order valence-corrected chi connectivity index (χ3v) is 5.87. The normalized spacial score (nSPS) is 18.7. The van der Waals surface area contributed by atoms with Gasteiger partial charge in [0.1, 0.15) is 0 Å². The van der Waals surface area contributed by atoms with Crippen molar-refractivity contribution in [2.45, 2.75) is 38.0 Å². The highest BCUT2D eigenvalue weighted by Gasteiger charge is 2.31. The Labute approximate surface area is 164 Å². The molecule has 1 amide bonds. The van der Waals surface area contributed by atoms with Crippen molar-refractivity contribution in [2.24, 2.45) is 0 Å². The first-order chi connectivity index (χ1) is 13.3. The molecule has 0 spiro atoms. The van der Waals surface area contributed by atoms with Gasteiger partial charge in [0.2, 0.25) is 5.91 Å². The maximum Gasteiger partial charge on any atom is 0.225 e. The van der Waals surface area contributed by atoms with E-state index in [2.05, 4.69) is 35.6 Å². The lowest BCUT2D eigenvalue weighted by molar-refractivity contribution is -0.122. The van der Waals surface area contributed by atoms with Crippen LogP contribution in [0.5, 0.6) is 0 Å². The molecule has 2 aromatic carbocycles. The predicted molar refractivity (Wildman–Crippen MR) is 109 cm³/mol. The van der Waals surface area contributed by atoms with Crippen LogP contribution in [-0.4, -0.2) is 12.0 Å². The molecule has 4 rings (SSSR count). The van der Waals surface area contributed by atoms with Gasteiger partial charge in [-0.1, -0.05) is 60.7 Å². The molecule has 1 N–H and O–H groups in total. The smallest absolute Gasteiger partial charge is 0.225 e. The lowest BCUT2D eigenvalue weighted by atomic mass is 9.85. The lowest BCUT2D eigenvalue weighted by Gasteiger charge is -2.34. The molecule has 1 heterocycles. The summed E-state index contributed by atoms with van der Waals surface area (Å²) >= 11 is 1.62. The van der Waals surface area contributed by atoms with Gasteiger partial charge in [-0.05, 0) is 41.0 Å². The molecule has 1 aromatic heterocycles. The summed E-state index contributed by atoms with van der Waals surface area (Å²) in [5, 5.41) is 5.25. The monoisotopic (exact) mass is 377 g/mol. The fourth-order valence-corrected chi connectivity index (χ4v) is 4.36. The molecule has 0 unspecified atom stereocenters. The largest absolute Gasteiger partial charge is 0.371 e. The first kappa shape index (κ1) is 18.0. The number of nitrogens with one attached hydrogen (secondary N) is 1. The molecule has 3 aromatic rings. The Hall–Kier alpha value is -2.43. The quantitative estimate of drug-likeness (QED) is 0.677. The number of amides is 1. The van der Waals surface area contributed by atoms with Crippen LogP contribution in [0.15, 0.2) is 72.1 Å². The molecule has 2 atom stereocenters. The molecule has 0 saturated carbocycles. The van der Waals surface area contributed by atoms with E-state index in [-0.39, 0.29) is 18.1 Å². The van der Waals surface area contributed by atoms with E-state index in [1.54, 1.807) is 11.3 Å². The second-order valence-electron chi connectivity index (χ2n) is 6.87. The van der Waals surface area contributed by atoms with Crippen LogP contribution >= 0.6 is 11.3 Å². The van der Waals surface area contributed by atoms with Gasteiger partial charge in [-0.3, -0.25) is 4.79 Å². The fraction of sp³-hybridized carbons (Fsp3) is 0.261. The van der Waals surface area contributed by atoms with Crippen LogP contribution in [0.2, 0.25) is 0 Å². The Morgan fingerprint density at radius 1 is 1.04 bits per heavy atom. The number of hydrogen-bond donors (Lipinski definition) is 1. The summed E-state index contributed by atoms with van der Waals surface area (Å²) < 4.78 is 6.26. The highest BCUT2D eigenvalue weighted by atomic mass is 32.1. The minimum absolute atomic E-state index is 0.0209. The Kier molecular flexibility index (Phi) is 5.66. The van der Waals surface area contributed by atoms with E-state index >= 15 is 0 Å². The average Bonchev–Trinajstić information content (AvgIpc) is 3.21. The summed E-state index contributed by atoms with van der Waals surface area (Å²) in [6, 6.07) is 22.4. The highest BCUT2D eigenvalue weighted by molar-refractivity contribution is 7.10. The van der Waals surface area contributed by atoms with E-state index in [0.29, 0.717) is 13.0 Å². The SMILES string of the molecule is O=C(Cc1cccs1)N[C@H]1c2ccccc2CC[C@H]1OCc1ccccc1. The van der Waals surface area contributed by atoms with Crippen LogP contribution in [0.25, 0.3) is 0 Å². The fourth-order valence-electron chi connectivity index (χ4n) is 3.65. The highest BCUT2D eigenvalue weighted by Crippen LogP contribution is 2.32. The van der Waals surface area contributed by atoms with Crippen molar-refractivity contribution in [1.29, 1.82) is 0 Å². The molecule has 3 nitrogen and oxygen atoms in total. The summed E-state index contributed by atoms with van der Waals surface area (Å²) in [7, 11) is 0. The molecule has 0 bridgehead atoms. The molecule has 0 radical (unpaired) electrons. The van der Waals surface area contributed by atoms with E-state index in [9.17, 15) is 4.79 Å². The van der Waals surface area contributed by atoms with Crippen LogP contribution in [-0.2, 0) is 29.0 Å². The molecule has 138 valence electrons. The standard InChI is InChI=1S/C23H23NO2S/c25-22(15-19-10-6-14-27-19)24-23-20-11-5-4-9-18(20)12-13-21(23)26-16-17-7-2-1-3-8-17/h1-11,14,21,23H,12-13,15-16H2,(H,24,25)/t21-,23+/m1/s1. The molecule has 0 saturated heterocycles. The maximum absolute atomic E-state index is 12.6. The van der Waals surface area contributed by atoms with Gasteiger partial charge in [-0.25, -0.2) is 0 Å². The Balaban J connectivity index is 1.50. The summed E-state index contributed by atoms with van der Waals surface area (Å²) in [4.78, 5) is 13.7. The van der Waals surface area contributed by atoms with Gasteiger partial charge in [0.15, 0.2) is 0 Å². The molecular weight excluding hydrogens is 354 g/mol.